The molecular formula is C22H16F3N3O2. The number of carbonyl (C=O) groups is 2. The van der Waals surface area contributed by atoms with Crippen LogP contribution in [0.15, 0.2) is 79.1 Å². The van der Waals surface area contributed by atoms with Crippen molar-refractivity contribution in [3.63, 3.8) is 0 Å². The summed E-state index contributed by atoms with van der Waals surface area (Å²) in [5.41, 5.74) is 0.459. The molecule has 0 unspecified atom stereocenters. The number of hydrogen-bond donors (Lipinski definition) is 2. The molecule has 5 nitrogen and oxygen atoms in total. The molecule has 0 atom stereocenters. The molecule has 0 aliphatic carbocycles. The number of benzene rings is 2. The van der Waals surface area contributed by atoms with E-state index in [-0.39, 0.29) is 11.3 Å². The summed E-state index contributed by atoms with van der Waals surface area (Å²) in [5.74, 6) is -1.01. The van der Waals surface area contributed by atoms with E-state index in [0.29, 0.717) is 5.69 Å². The molecule has 0 aliphatic heterocycles. The SMILES string of the molecule is O=C(/C=C/c1cccnc1)Nc1cccc(C(=O)Nc2cccc(C(F)(F)F)c2)c1. The van der Waals surface area contributed by atoms with Gasteiger partial charge in [0.25, 0.3) is 5.91 Å². The van der Waals surface area contributed by atoms with Crippen molar-refractivity contribution in [1.29, 1.82) is 0 Å². The number of nitrogens with one attached hydrogen (secondary N) is 2. The minimum absolute atomic E-state index is 0.0173. The largest absolute Gasteiger partial charge is 0.416 e. The Hall–Kier alpha value is -3.94. The Morgan fingerprint density at radius 3 is 2.33 bits per heavy atom. The molecule has 2 amide bonds. The summed E-state index contributed by atoms with van der Waals surface area (Å²) in [4.78, 5) is 28.4. The Kier molecular flexibility index (Phi) is 6.26. The average Bonchev–Trinajstić information content (AvgIpc) is 2.73. The molecule has 3 rings (SSSR count). The average molecular weight is 411 g/mol. The van der Waals surface area contributed by atoms with Gasteiger partial charge in [0.2, 0.25) is 5.91 Å². The maximum atomic E-state index is 12.8. The molecule has 0 radical (unpaired) electrons. The van der Waals surface area contributed by atoms with Gasteiger partial charge in [-0.1, -0.05) is 18.2 Å². The van der Waals surface area contributed by atoms with Gasteiger partial charge in [0, 0.05) is 35.4 Å². The zero-order chi connectivity index (χ0) is 21.6. The van der Waals surface area contributed by atoms with E-state index in [1.807, 2.05) is 0 Å². The summed E-state index contributed by atoms with van der Waals surface area (Å²) >= 11 is 0. The molecule has 2 N–H and O–H groups in total. The van der Waals surface area contributed by atoms with Crippen LogP contribution in [-0.4, -0.2) is 16.8 Å². The van der Waals surface area contributed by atoms with Crippen molar-refractivity contribution >= 4 is 29.3 Å². The fraction of sp³-hybridized carbons (Fsp3) is 0.0455. The van der Waals surface area contributed by atoms with Crippen LogP contribution in [0.3, 0.4) is 0 Å². The van der Waals surface area contributed by atoms with Gasteiger partial charge in [-0.2, -0.15) is 13.2 Å². The van der Waals surface area contributed by atoms with E-state index >= 15 is 0 Å². The summed E-state index contributed by atoms with van der Waals surface area (Å²) < 4.78 is 38.4. The molecule has 0 saturated carbocycles. The summed E-state index contributed by atoms with van der Waals surface area (Å²) in [6.45, 7) is 0. The number of alkyl halides is 3. The second-order valence-electron chi connectivity index (χ2n) is 6.22. The third-order valence-corrected chi connectivity index (χ3v) is 3.95. The molecule has 3 aromatic rings. The van der Waals surface area contributed by atoms with Crippen LogP contribution in [-0.2, 0) is 11.0 Å². The predicted molar refractivity (Wildman–Crippen MR) is 108 cm³/mol. The van der Waals surface area contributed by atoms with Crippen molar-refractivity contribution in [2.24, 2.45) is 0 Å². The van der Waals surface area contributed by atoms with Gasteiger partial charge in [-0.25, -0.2) is 0 Å². The maximum absolute atomic E-state index is 12.8. The lowest BCUT2D eigenvalue weighted by molar-refractivity contribution is -0.137. The lowest BCUT2D eigenvalue weighted by Crippen LogP contribution is -2.14. The normalized spacial score (nSPS) is 11.3. The number of carbonyl (C=O) groups excluding carboxylic acids is 2. The van der Waals surface area contributed by atoms with E-state index in [2.05, 4.69) is 15.6 Å². The highest BCUT2D eigenvalue weighted by atomic mass is 19.4. The number of anilines is 2. The lowest BCUT2D eigenvalue weighted by atomic mass is 10.1. The Bertz CT molecular complexity index is 1080. The standard InChI is InChI=1S/C22H16F3N3O2/c23-22(24,25)17-6-2-8-19(13-17)28-21(30)16-5-1-7-18(12-16)27-20(29)10-9-15-4-3-11-26-14-15/h1-14H,(H,27,29)(H,28,30)/b10-9+. The third-order valence-electron chi connectivity index (χ3n) is 3.95. The van der Waals surface area contributed by atoms with Crippen molar-refractivity contribution in [2.75, 3.05) is 10.6 Å². The molecular weight excluding hydrogens is 395 g/mol. The zero-order valence-electron chi connectivity index (χ0n) is 15.5. The number of rotatable bonds is 5. The van der Waals surface area contributed by atoms with Crippen LogP contribution in [0.4, 0.5) is 24.5 Å². The lowest BCUT2D eigenvalue weighted by Gasteiger charge is -2.10. The second kappa shape index (κ2) is 9.04. The first-order valence-electron chi connectivity index (χ1n) is 8.79. The molecule has 0 fully saturated rings. The van der Waals surface area contributed by atoms with Crippen molar-refractivity contribution in [3.05, 3.63) is 95.8 Å². The highest BCUT2D eigenvalue weighted by Gasteiger charge is 2.30. The first-order valence-corrected chi connectivity index (χ1v) is 8.79. The highest BCUT2D eigenvalue weighted by molar-refractivity contribution is 6.06. The second-order valence-corrected chi connectivity index (χ2v) is 6.22. The minimum Gasteiger partial charge on any atom is -0.322 e. The predicted octanol–water partition coefficient (Wildman–Crippen LogP) is 5.00. The molecule has 1 aromatic heterocycles. The molecule has 0 saturated heterocycles. The smallest absolute Gasteiger partial charge is 0.322 e. The molecule has 8 heteroatoms. The molecule has 0 bridgehead atoms. The van der Waals surface area contributed by atoms with Crippen LogP contribution in [0.5, 0.6) is 0 Å². The van der Waals surface area contributed by atoms with E-state index < -0.39 is 23.6 Å². The topological polar surface area (TPSA) is 71.1 Å². The van der Waals surface area contributed by atoms with Crippen LogP contribution in [0, 0.1) is 0 Å². The van der Waals surface area contributed by atoms with Gasteiger partial charge in [-0.15, -0.1) is 0 Å². The fourth-order valence-corrected chi connectivity index (χ4v) is 2.55. The number of hydrogen-bond acceptors (Lipinski definition) is 3. The van der Waals surface area contributed by atoms with E-state index in [4.69, 9.17) is 0 Å². The summed E-state index contributed by atoms with van der Waals surface area (Å²) in [7, 11) is 0. The molecule has 0 aliphatic rings. The molecule has 1 heterocycles. The molecule has 2 aromatic carbocycles. The molecule has 152 valence electrons. The molecule has 0 spiro atoms. The number of pyridine rings is 1. The van der Waals surface area contributed by atoms with Crippen LogP contribution in [0.25, 0.3) is 6.08 Å². The van der Waals surface area contributed by atoms with E-state index in [1.165, 1.54) is 30.3 Å². The van der Waals surface area contributed by atoms with Crippen LogP contribution in [0.2, 0.25) is 0 Å². The summed E-state index contributed by atoms with van der Waals surface area (Å²) in [6, 6.07) is 13.9. The third kappa shape index (κ3) is 5.78. The minimum atomic E-state index is -4.51. The van der Waals surface area contributed by atoms with Crippen LogP contribution >= 0.6 is 0 Å². The number of nitrogens with zero attached hydrogens (tertiary/aromatic N) is 1. The van der Waals surface area contributed by atoms with Gasteiger partial charge in [-0.05, 0) is 54.1 Å². The van der Waals surface area contributed by atoms with Gasteiger partial charge < -0.3 is 10.6 Å². The fourth-order valence-electron chi connectivity index (χ4n) is 2.55. The highest BCUT2D eigenvalue weighted by Crippen LogP contribution is 2.30. The summed E-state index contributed by atoms with van der Waals surface area (Å²) in [5, 5.41) is 5.05. The number of halogens is 3. The van der Waals surface area contributed by atoms with Gasteiger partial charge in [-0.3, -0.25) is 14.6 Å². The molecule has 30 heavy (non-hydrogen) atoms. The Balaban J connectivity index is 1.67. The first-order chi connectivity index (χ1) is 14.3. The maximum Gasteiger partial charge on any atom is 0.416 e. The van der Waals surface area contributed by atoms with Crippen molar-refractivity contribution in [3.8, 4) is 0 Å². The van der Waals surface area contributed by atoms with Gasteiger partial charge in [0.15, 0.2) is 0 Å². The van der Waals surface area contributed by atoms with E-state index in [0.717, 1.165) is 17.7 Å². The first kappa shape index (κ1) is 20.8. The van der Waals surface area contributed by atoms with Crippen molar-refractivity contribution in [2.45, 2.75) is 6.18 Å². The Morgan fingerprint density at radius 2 is 1.63 bits per heavy atom. The summed E-state index contributed by atoms with van der Waals surface area (Å²) in [6.07, 6.45) is 1.63. The quantitative estimate of drug-likeness (QED) is 0.580. The van der Waals surface area contributed by atoms with E-state index in [1.54, 1.807) is 42.7 Å². The monoisotopic (exact) mass is 411 g/mol. The van der Waals surface area contributed by atoms with Gasteiger partial charge >= 0.3 is 6.18 Å². The number of amides is 2. The van der Waals surface area contributed by atoms with Gasteiger partial charge in [0.05, 0.1) is 5.56 Å². The van der Waals surface area contributed by atoms with Crippen molar-refractivity contribution < 1.29 is 22.8 Å². The van der Waals surface area contributed by atoms with Crippen LogP contribution in [0.1, 0.15) is 21.5 Å². The van der Waals surface area contributed by atoms with E-state index in [9.17, 15) is 22.8 Å². The zero-order valence-corrected chi connectivity index (χ0v) is 15.5. The Morgan fingerprint density at radius 1 is 0.900 bits per heavy atom. The van der Waals surface area contributed by atoms with Gasteiger partial charge in [0.1, 0.15) is 0 Å². The van der Waals surface area contributed by atoms with Crippen LogP contribution < -0.4 is 10.6 Å². The Labute approximate surface area is 170 Å². The van der Waals surface area contributed by atoms with Crippen molar-refractivity contribution in [1.82, 2.24) is 4.98 Å². The number of aromatic nitrogens is 1.